The zero-order valence-electron chi connectivity index (χ0n) is 37.5. The van der Waals surface area contributed by atoms with Gasteiger partial charge in [-0.1, -0.05) is 109 Å². The molecular weight excluding hydrogens is 921 g/mol. The van der Waals surface area contributed by atoms with Crippen LogP contribution in [0.2, 0.25) is 0 Å². The van der Waals surface area contributed by atoms with Gasteiger partial charge in [0.2, 0.25) is 0 Å². The molecule has 2 aliphatic rings. The molecule has 0 spiro atoms. The molecule has 71 heavy (non-hydrogen) atoms. The third-order valence-electron chi connectivity index (χ3n) is 11.3. The van der Waals surface area contributed by atoms with E-state index in [2.05, 4.69) is 0 Å². The van der Waals surface area contributed by atoms with E-state index in [1.165, 1.54) is 72.8 Å². The van der Waals surface area contributed by atoms with Crippen LogP contribution in [0.1, 0.15) is 62.1 Å². The van der Waals surface area contributed by atoms with Crippen LogP contribution >= 0.6 is 0 Å². The number of ether oxygens (including phenoxy) is 9. The van der Waals surface area contributed by atoms with Crippen LogP contribution in [0.15, 0.2) is 182 Å². The second kappa shape index (κ2) is 23.5. The Labute approximate surface area is 406 Å². The summed E-state index contributed by atoms with van der Waals surface area (Å²) in [5.74, 6) is -5.51. The first-order valence-corrected chi connectivity index (χ1v) is 22.3. The van der Waals surface area contributed by atoms with Crippen LogP contribution in [0, 0.1) is 0 Å². The van der Waals surface area contributed by atoms with Crippen LogP contribution in [0.25, 0.3) is 0 Å². The molecule has 17 heteroatoms. The van der Waals surface area contributed by atoms with Crippen LogP contribution in [-0.2, 0) is 42.6 Å². The molecule has 0 radical (unpaired) electrons. The predicted molar refractivity (Wildman–Crippen MR) is 246 cm³/mol. The Morgan fingerprint density at radius 3 is 1.07 bits per heavy atom. The van der Waals surface area contributed by atoms with E-state index < -0.39 is 110 Å². The van der Waals surface area contributed by atoms with Gasteiger partial charge in [0.25, 0.3) is 0 Å². The highest BCUT2D eigenvalue weighted by atomic mass is 16.7. The smallest absolute Gasteiger partial charge is 0.338 e. The molecule has 0 saturated carbocycles. The maximum absolute atomic E-state index is 14.1. The number of carbonyl (C=O) groups is 6. The average molecular weight is 967 g/mol. The number of aliphatic hydroxyl groups is 2. The highest BCUT2D eigenvalue weighted by molar-refractivity contribution is 5.92. The molecule has 6 aromatic rings. The van der Waals surface area contributed by atoms with Gasteiger partial charge in [0, 0.05) is 0 Å². The fourth-order valence-corrected chi connectivity index (χ4v) is 7.69. The van der Waals surface area contributed by atoms with Crippen molar-refractivity contribution in [3.63, 3.8) is 0 Å². The standard InChI is InChI=1S/C54H46O17/c55-41-39(65-53(62)45(70-51(60)37-27-15-5-16-28-37)43(41)68-49(58)35-23-11-3-12-24-35)31-64-54-46(71-52(61)38-29-17-6-18-30-38)44(69-50(59)36-25-13-4-14-26-36)42(67-48(57)34-21-9-2-10-22-34)40(66-54)32-63-47(56)33-19-7-1-8-20-33/h1-30,39-46,53-55,62H,31-32H2/t39-,40-,41-,42-,43+,44+,45-,46-,53?,54-/m1/s1. The third kappa shape index (κ3) is 12.4. The third-order valence-corrected chi connectivity index (χ3v) is 11.3. The van der Waals surface area contributed by atoms with Crippen LogP contribution < -0.4 is 0 Å². The lowest BCUT2D eigenvalue weighted by molar-refractivity contribution is -0.323. The molecule has 0 aliphatic carbocycles. The summed E-state index contributed by atoms with van der Waals surface area (Å²) in [6.07, 6.45) is -17.8. The lowest BCUT2D eigenvalue weighted by Gasteiger charge is -2.45. The van der Waals surface area contributed by atoms with E-state index in [0.29, 0.717) is 0 Å². The van der Waals surface area contributed by atoms with Crippen molar-refractivity contribution in [2.75, 3.05) is 13.2 Å². The summed E-state index contributed by atoms with van der Waals surface area (Å²) in [4.78, 5) is 82.2. The summed E-state index contributed by atoms with van der Waals surface area (Å²) in [6, 6.07) is 46.7. The van der Waals surface area contributed by atoms with Gasteiger partial charge < -0.3 is 52.8 Å². The molecule has 0 amide bonds. The summed E-state index contributed by atoms with van der Waals surface area (Å²) in [5, 5.41) is 23.4. The van der Waals surface area contributed by atoms with Gasteiger partial charge in [0.15, 0.2) is 43.1 Å². The molecule has 8 rings (SSSR count). The molecule has 2 aliphatic heterocycles. The minimum Gasteiger partial charge on any atom is -0.459 e. The molecule has 1 unspecified atom stereocenters. The van der Waals surface area contributed by atoms with Gasteiger partial charge >= 0.3 is 35.8 Å². The maximum atomic E-state index is 14.1. The van der Waals surface area contributed by atoms with Crippen LogP contribution in [-0.4, -0.2) is 121 Å². The topological polar surface area (TPSA) is 226 Å². The Bertz CT molecular complexity index is 2730. The molecule has 2 N–H and O–H groups in total. The van der Waals surface area contributed by atoms with Crippen molar-refractivity contribution in [1.82, 2.24) is 0 Å². The normalized spacial score (nSPS) is 23.7. The van der Waals surface area contributed by atoms with E-state index in [0.717, 1.165) is 0 Å². The van der Waals surface area contributed by atoms with Crippen molar-refractivity contribution in [2.24, 2.45) is 0 Å². The summed E-state index contributed by atoms with van der Waals surface area (Å²) >= 11 is 0. The Morgan fingerprint density at radius 2 is 0.676 bits per heavy atom. The van der Waals surface area contributed by atoms with Crippen LogP contribution in [0.4, 0.5) is 0 Å². The number of rotatable bonds is 16. The number of aliphatic hydroxyl groups excluding tert-OH is 2. The lowest BCUT2D eigenvalue weighted by Crippen LogP contribution is -2.64. The molecule has 364 valence electrons. The zero-order chi connectivity index (χ0) is 49.7. The second-order valence-corrected chi connectivity index (χ2v) is 16.1. The van der Waals surface area contributed by atoms with Gasteiger partial charge in [-0.05, 0) is 72.8 Å². The fraction of sp³-hybridized carbons (Fsp3) is 0.222. The Balaban J connectivity index is 1.14. The van der Waals surface area contributed by atoms with Crippen molar-refractivity contribution in [1.29, 1.82) is 0 Å². The number of esters is 6. The maximum Gasteiger partial charge on any atom is 0.338 e. The van der Waals surface area contributed by atoms with Crippen molar-refractivity contribution in [3.05, 3.63) is 215 Å². The van der Waals surface area contributed by atoms with E-state index in [4.69, 9.17) is 42.6 Å². The first-order valence-electron chi connectivity index (χ1n) is 22.3. The molecule has 10 atom stereocenters. The van der Waals surface area contributed by atoms with E-state index in [1.807, 2.05) is 0 Å². The van der Waals surface area contributed by atoms with Crippen LogP contribution in [0.3, 0.4) is 0 Å². The minimum absolute atomic E-state index is 0.0458. The van der Waals surface area contributed by atoms with E-state index in [-0.39, 0.29) is 33.4 Å². The van der Waals surface area contributed by atoms with Gasteiger partial charge in [-0.25, -0.2) is 28.8 Å². The monoisotopic (exact) mass is 966 g/mol. The molecule has 17 nitrogen and oxygen atoms in total. The molecule has 2 fully saturated rings. The van der Waals surface area contributed by atoms with E-state index >= 15 is 0 Å². The van der Waals surface area contributed by atoms with E-state index in [9.17, 15) is 39.0 Å². The summed E-state index contributed by atoms with van der Waals surface area (Å²) in [7, 11) is 0. The number of hydrogen-bond acceptors (Lipinski definition) is 17. The number of benzene rings is 6. The second-order valence-electron chi connectivity index (χ2n) is 16.1. The molecular formula is C54H46O17. The van der Waals surface area contributed by atoms with Crippen molar-refractivity contribution in [2.45, 2.75) is 61.4 Å². The highest BCUT2D eigenvalue weighted by Gasteiger charge is 2.55. The quantitative estimate of drug-likeness (QED) is 0.0864. The molecule has 6 aromatic carbocycles. The Hall–Kier alpha value is -8.06. The summed E-state index contributed by atoms with van der Waals surface area (Å²) in [5.41, 5.74) is 0.484. The highest BCUT2D eigenvalue weighted by Crippen LogP contribution is 2.34. The zero-order valence-corrected chi connectivity index (χ0v) is 37.5. The lowest BCUT2D eigenvalue weighted by atomic mass is 9.97. The van der Waals surface area contributed by atoms with Crippen molar-refractivity contribution >= 4 is 35.8 Å². The molecule has 0 aromatic heterocycles. The van der Waals surface area contributed by atoms with Gasteiger partial charge in [-0.15, -0.1) is 0 Å². The predicted octanol–water partition coefficient (Wildman–Crippen LogP) is 5.79. The van der Waals surface area contributed by atoms with E-state index in [1.54, 1.807) is 109 Å². The molecule has 2 heterocycles. The first-order chi connectivity index (χ1) is 34.5. The van der Waals surface area contributed by atoms with Gasteiger partial charge in [0.1, 0.15) is 24.9 Å². The minimum atomic E-state index is -2.04. The average Bonchev–Trinajstić information content (AvgIpc) is 3.42. The largest absolute Gasteiger partial charge is 0.459 e. The van der Waals surface area contributed by atoms with Gasteiger partial charge in [-0.2, -0.15) is 0 Å². The van der Waals surface area contributed by atoms with Gasteiger partial charge in [0.05, 0.1) is 40.0 Å². The summed E-state index contributed by atoms with van der Waals surface area (Å²) < 4.78 is 53.8. The number of carbonyl (C=O) groups excluding carboxylic acids is 6. The molecule has 0 bridgehead atoms. The van der Waals surface area contributed by atoms with Crippen molar-refractivity contribution in [3.8, 4) is 0 Å². The number of hydrogen-bond donors (Lipinski definition) is 2. The Morgan fingerprint density at radius 1 is 0.352 bits per heavy atom. The van der Waals surface area contributed by atoms with Crippen molar-refractivity contribution < 1.29 is 81.6 Å². The molecule has 2 saturated heterocycles. The fourth-order valence-electron chi connectivity index (χ4n) is 7.69. The SMILES string of the molecule is O=C(OC[C@H]1O[C@@H](OC[C@H]2OC(O)[C@H](OC(=O)c3ccccc3)[C@@H](OC(=O)c3ccccc3)[C@@H]2O)[C@H](OC(=O)c2ccccc2)[C@@H](OC(=O)c2ccccc2)[C@@H]1OC(=O)c1ccccc1)c1ccccc1. The Kier molecular flexibility index (Phi) is 16.3. The first kappa shape index (κ1) is 49.4. The van der Waals surface area contributed by atoms with Gasteiger partial charge in [-0.3, -0.25) is 0 Å². The summed E-state index contributed by atoms with van der Waals surface area (Å²) in [6.45, 7) is -1.42. The van der Waals surface area contributed by atoms with Crippen LogP contribution in [0.5, 0.6) is 0 Å².